The molecule has 1 aliphatic rings. The molecule has 1 amide bonds. The summed E-state index contributed by atoms with van der Waals surface area (Å²) in [7, 11) is 2.88. The lowest BCUT2D eigenvalue weighted by atomic mass is 9.98. The number of aromatic nitrogens is 1. The molecule has 1 aromatic carbocycles. The van der Waals surface area contributed by atoms with E-state index in [0.717, 1.165) is 5.56 Å². The molecule has 0 bridgehead atoms. The maximum atomic E-state index is 13.1. The number of likely N-dealkylation sites (tertiary alicyclic amines) is 1. The summed E-state index contributed by atoms with van der Waals surface area (Å²) in [6.07, 6.45) is 4.66. The smallest absolute Gasteiger partial charge is 0.296 e. The summed E-state index contributed by atoms with van der Waals surface area (Å²) in [6, 6.07) is 10.9. The highest BCUT2D eigenvalue weighted by Gasteiger charge is 2.48. The number of rotatable bonds is 6. The minimum Gasteiger partial charge on any atom is -0.506 e. The molecule has 1 atom stereocenters. The zero-order valence-electron chi connectivity index (χ0n) is 16.9. The molecule has 2 aromatic heterocycles. The Hall–Kier alpha value is -4.07. The summed E-state index contributed by atoms with van der Waals surface area (Å²) >= 11 is 0. The van der Waals surface area contributed by atoms with Gasteiger partial charge in [0.15, 0.2) is 0 Å². The van der Waals surface area contributed by atoms with Crippen LogP contribution in [0.25, 0.3) is 5.76 Å². The van der Waals surface area contributed by atoms with Crippen LogP contribution in [0.3, 0.4) is 0 Å². The van der Waals surface area contributed by atoms with E-state index in [-0.39, 0.29) is 17.7 Å². The first-order valence-electron chi connectivity index (χ1n) is 9.49. The van der Waals surface area contributed by atoms with Crippen molar-refractivity contribution in [2.75, 3.05) is 14.2 Å². The van der Waals surface area contributed by atoms with Crippen LogP contribution in [0.15, 0.2) is 71.1 Å². The summed E-state index contributed by atoms with van der Waals surface area (Å²) < 4.78 is 16.3. The van der Waals surface area contributed by atoms with Crippen LogP contribution in [-0.4, -0.2) is 40.9 Å². The first-order valence-corrected chi connectivity index (χ1v) is 9.49. The van der Waals surface area contributed by atoms with Gasteiger partial charge in [0.2, 0.25) is 0 Å². The first kappa shape index (κ1) is 20.2. The number of carbonyl (C=O) groups excluding carboxylic acids is 2. The summed E-state index contributed by atoms with van der Waals surface area (Å²) in [6.45, 7) is 0.137. The predicted octanol–water partition coefficient (Wildman–Crippen LogP) is 3.31. The van der Waals surface area contributed by atoms with Crippen LogP contribution in [0, 0.1) is 0 Å². The third-order valence-corrected chi connectivity index (χ3v) is 5.12. The summed E-state index contributed by atoms with van der Waals surface area (Å²) in [5.74, 6) is -1.00. The fraction of sp³-hybridized carbons (Fsp3) is 0.174. The zero-order chi connectivity index (χ0) is 22.0. The summed E-state index contributed by atoms with van der Waals surface area (Å²) in [5, 5.41) is 11.3. The number of Topliss-reactive ketones (excluding diaryl/α,β-unsaturated/α-hetero) is 1. The minimum absolute atomic E-state index is 0.100. The average molecular weight is 420 g/mol. The molecule has 3 aromatic rings. The van der Waals surface area contributed by atoms with Gasteiger partial charge < -0.3 is 23.9 Å². The number of methoxy groups -OCH3 is 2. The molecule has 0 radical (unpaired) electrons. The molecule has 8 nitrogen and oxygen atoms in total. The van der Waals surface area contributed by atoms with Crippen LogP contribution in [0.4, 0.5) is 0 Å². The number of furan rings is 1. The van der Waals surface area contributed by atoms with E-state index >= 15 is 0 Å². The largest absolute Gasteiger partial charge is 0.506 e. The fourth-order valence-corrected chi connectivity index (χ4v) is 3.69. The number of aliphatic hydroxyl groups excluding tert-OH is 1. The molecule has 1 fully saturated rings. The molecule has 1 unspecified atom stereocenters. The molecule has 0 aliphatic carbocycles. The number of amides is 1. The molecule has 1 saturated heterocycles. The van der Waals surface area contributed by atoms with Gasteiger partial charge in [0.25, 0.3) is 11.7 Å². The van der Waals surface area contributed by atoms with Crippen LogP contribution in [0.1, 0.15) is 22.9 Å². The van der Waals surface area contributed by atoms with Gasteiger partial charge in [-0.3, -0.25) is 14.6 Å². The lowest BCUT2D eigenvalue weighted by Gasteiger charge is -2.23. The van der Waals surface area contributed by atoms with Gasteiger partial charge in [0.1, 0.15) is 34.6 Å². The number of benzene rings is 1. The van der Waals surface area contributed by atoms with Gasteiger partial charge in [-0.05, 0) is 42.0 Å². The quantitative estimate of drug-likeness (QED) is 0.371. The first-order chi connectivity index (χ1) is 15.1. The zero-order valence-corrected chi connectivity index (χ0v) is 16.9. The van der Waals surface area contributed by atoms with Crippen molar-refractivity contribution in [3.05, 3.63) is 83.6 Å². The number of carbonyl (C=O) groups is 2. The van der Waals surface area contributed by atoms with Crippen molar-refractivity contribution in [3.8, 4) is 11.5 Å². The van der Waals surface area contributed by atoms with E-state index in [0.29, 0.717) is 17.3 Å². The highest BCUT2D eigenvalue weighted by molar-refractivity contribution is 6.46. The van der Waals surface area contributed by atoms with Gasteiger partial charge in [-0.1, -0.05) is 6.07 Å². The Balaban J connectivity index is 1.90. The van der Waals surface area contributed by atoms with Crippen LogP contribution in [-0.2, 0) is 16.1 Å². The van der Waals surface area contributed by atoms with E-state index in [1.165, 1.54) is 25.4 Å². The second-order valence-corrected chi connectivity index (χ2v) is 6.84. The van der Waals surface area contributed by atoms with Crippen molar-refractivity contribution in [1.82, 2.24) is 9.88 Å². The molecule has 31 heavy (non-hydrogen) atoms. The van der Waals surface area contributed by atoms with E-state index < -0.39 is 23.5 Å². The second-order valence-electron chi connectivity index (χ2n) is 6.84. The Morgan fingerprint density at radius 3 is 2.32 bits per heavy atom. The Kier molecular flexibility index (Phi) is 5.44. The van der Waals surface area contributed by atoms with Crippen molar-refractivity contribution in [3.63, 3.8) is 0 Å². The normalized spacial score (nSPS) is 17.7. The van der Waals surface area contributed by atoms with Crippen molar-refractivity contribution in [2.45, 2.75) is 12.6 Å². The molecular formula is C23H20N2O6. The lowest BCUT2D eigenvalue weighted by Crippen LogP contribution is -2.29. The minimum atomic E-state index is -0.919. The highest BCUT2D eigenvalue weighted by atomic mass is 16.5. The molecule has 0 spiro atoms. The Labute approximate surface area is 178 Å². The Morgan fingerprint density at radius 1 is 1.06 bits per heavy atom. The Morgan fingerprint density at radius 2 is 1.74 bits per heavy atom. The summed E-state index contributed by atoms with van der Waals surface area (Å²) in [4.78, 5) is 31.4. The predicted molar refractivity (Wildman–Crippen MR) is 110 cm³/mol. The maximum Gasteiger partial charge on any atom is 0.296 e. The third-order valence-electron chi connectivity index (χ3n) is 5.12. The van der Waals surface area contributed by atoms with E-state index in [4.69, 9.17) is 13.9 Å². The second kappa shape index (κ2) is 8.35. The van der Waals surface area contributed by atoms with Crippen molar-refractivity contribution in [2.24, 2.45) is 0 Å². The number of nitrogens with zero attached hydrogens (tertiary/aromatic N) is 2. The van der Waals surface area contributed by atoms with Gasteiger partial charge in [-0.25, -0.2) is 0 Å². The van der Waals surface area contributed by atoms with Gasteiger partial charge in [-0.2, -0.15) is 0 Å². The number of aliphatic hydroxyl groups is 1. The van der Waals surface area contributed by atoms with Crippen LogP contribution >= 0.6 is 0 Å². The van der Waals surface area contributed by atoms with Gasteiger partial charge in [0, 0.05) is 18.9 Å². The maximum absolute atomic E-state index is 13.1. The monoisotopic (exact) mass is 420 g/mol. The van der Waals surface area contributed by atoms with E-state index in [1.807, 2.05) is 0 Å². The van der Waals surface area contributed by atoms with E-state index in [1.54, 1.807) is 54.9 Å². The number of hydrogen-bond acceptors (Lipinski definition) is 7. The highest BCUT2D eigenvalue weighted by Crippen LogP contribution is 2.43. The number of ether oxygens (including phenoxy) is 2. The van der Waals surface area contributed by atoms with E-state index in [2.05, 4.69) is 4.98 Å². The number of ketones is 1. The third kappa shape index (κ3) is 3.52. The number of pyridine rings is 1. The standard InChI is InChI=1S/C23H20N2O6/c1-29-15-5-3-6-16(30-2)18(15)21(26)19-20(17-7-4-12-31-17)25(23(28)22(19)27)13-14-8-10-24-11-9-14/h3-12,20,26H,13H2,1-2H3/b21-19+. The fourth-order valence-electron chi connectivity index (χ4n) is 3.69. The molecular weight excluding hydrogens is 400 g/mol. The molecule has 3 heterocycles. The SMILES string of the molecule is COc1cccc(OC)c1/C(O)=C1\C(=O)C(=O)N(Cc2ccncc2)C1c1ccco1. The van der Waals surface area contributed by atoms with Gasteiger partial charge >= 0.3 is 0 Å². The molecule has 158 valence electrons. The topological polar surface area (TPSA) is 102 Å². The van der Waals surface area contributed by atoms with Crippen LogP contribution in [0.5, 0.6) is 11.5 Å². The summed E-state index contributed by atoms with van der Waals surface area (Å²) in [5.41, 5.74) is 0.867. The van der Waals surface area contributed by atoms with Crippen molar-refractivity contribution >= 4 is 17.4 Å². The average Bonchev–Trinajstić information content (AvgIpc) is 3.41. The molecule has 1 N–H and O–H groups in total. The Bertz CT molecular complexity index is 1120. The van der Waals surface area contributed by atoms with Crippen molar-refractivity contribution in [1.29, 1.82) is 0 Å². The molecule has 0 saturated carbocycles. The van der Waals surface area contributed by atoms with Crippen molar-refractivity contribution < 1.29 is 28.6 Å². The lowest BCUT2D eigenvalue weighted by molar-refractivity contribution is -0.140. The molecule has 8 heteroatoms. The number of hydrogen-bond donors (Lipinski definition) is 1. The van der Waals surface area contributed by atoms with E-state index in [9.17, 15) is 14.7 Å². The van der Waals surface area contributed by atoms with Gasteiger partial charge in [0.05, 0.1) is 26.1 Å². The van der Waals surface area contributed by atoms with Crippen LogP contribution < -0.4 is 9.47 Å². The van der Waals surface area contributed by atoms with Gasteiger partial charge in [-0.15, -0.1) is 0 Å². The molecule has 4 rings (SSSR count). The molecule has 1 aliphatic heterocycles. The van der Waals surface area contributed by atoms with Crippen LogP contribution in [0.2, 0.25) is 0 Å².